The minimum atomic E-state index is -0.684. The topological polar surface area (TPSA) is 73.8 Å². The second kappa shape index (κ2) is 8.38. The summed E-state index contributed by atoms with van der Waals surface area (Å²) in [7, 11) is 0. The number of carbonyl (C=O) groups excluding carboxylic acids is 1. The Morgan fingerprint density at radius 2 is 2.00 bits per heavy atom. The molecule has 6 nitrogen and oxygen atoms in total. The summed E-state index contributed by atoms with van der Waals surface area (Å²) in [6.45, 7) is 7.72. The number of nitrogens with zero attached hydrogens (tertiary/aromatic N) is 2. The minimum absolute atomic E-state index is 0.0737. The molecular weight excluding hydrogens is 400 g/mol. The van der Waals surface area contributed by atoms with Gasteiger partial charge in [0.15, 0.2) is 4.80 Å². The highest BCUT2D eigenvalue weighted by Gasteiger charge is 2.15. The van der Waals surface area contributed by atoms with Crippen LogP contribution in [0.1, 0.15) is 28.4 Å². The van der Waals surface area contributed by atoms with Crippen molar-refractivity contribution in [3.63, 3.8) is 0 Å². The molecule has 0 atom stereocenters. The van der Waals surface area contributed by atoms with Gasteiger partial charge in [-0.25, -0.2) is 4.79 Å². The van der Waals surface area contributed by atoms with Crippen LogP contribution >= 0.6 is 11.3 Å². The van der Waals surface area contributed by atoms with Gasteiger partial charge in [0, 0.05) is 18.5 Å². The van der Waals surface area contributed by atoms with Crippen molar-refractivity contribution in [2.45, 2.75) is 27.3 Å². The van der Waals surface area contributed by atoms with E-state index < -0.39 is 11.5 Å². The van der Waals surface area contributed by atoms with Crippen molar-refractivity contribution in [3.05, 3.63) is 74.4 Å². The summed E-state index contributed by atoms with van der Waals surface area (Å²) in [6.07, 6.45) is 0. The molecular formula is C23H22N2O4S. The number of hydrogen-bond donors (Lipinski definition) is 0. The Kier molecular flexibility index (Phi) is 5.65. The molecule has 0 saturated carbocycles. The summed E-state index contributed by atoms with van der Waals surface area (Å²) in [5.41, 5.74) is 2.97. The van der Waals surface area contributed by atoms with Gasteiger partial charge in [0.2, 0.25) is 0 Å². The van der Waals surface area contributed by atoms with Crippen LogP contribution in [0.5, 0.6) is 0 Å². The standard InChI is InChI=1S/C23H22N2O4S/c1-4-28-10-9-25-20-15(3)11-14(2)12-19(20)30-23(25)24-21(26)17-13-16-7-5-6-8-18(16)29-22(17)27/h5-8,11-13H,4,9-10H2,1-3H3. The number of thiazole rings is 1. The Bertz CT molecular complexity index is 1380. The molecule has 4 aromatic rings. The normalized spacial score (nSPS) is 12.2. The van der Waals surface area contributed by atoms with Gasteiger partial charge in [-0.05, 0) is 50.1 Å². The van der Waals surface area contributed by atoms with Crippen molar-refractivity contribution in [1.82, 2.24) is 4.57 Å². The number of aromatic nitrogens is 1. The van der Waals surface area contributed by atoms with Crippen molar-refractivity contribution in [1.29, 1.82) is 0 Å². The number of carbonyl (C=O) groups is 1. The van der Waals surface area contributed by atoms with Gasteiger partial charge in [-0.2, -0.15) is 4.99 Å². The molecule has 2 aromatic heterocycles. The molecule has 0 aliphatic heterocycles. The summed E-state index contributed by atoms with van der Waals surface area (Å²) in [5, 5.41) is 0.683. The number of ether oxygens (including phenoxy) is 1. The Morgan fingerprint density at radius 1 is 1.20 bits per heavy atom. The van der Waals surface area contributed by atoms with Gasteiger partial charge < -0.3 is 13.7 Å². The zero-order valence-corrected chi connectivity index (χ0v) is 17.9. The van der Waals surface area contributed by atoms with Crippen molar-refractivity contribution in [3.8, 4) is 0 Å². The lowest BCUT2D eigenvalue weighted by molar-refractivity contribution is 0.0993. The Morgan fingerprint density at radius 3 is 2.80 bits per heavy atom. The number of para-hydroxylation sites is 1. The first-order valence-electron chi connectivity index (χ1n) is 9.78. The van der Waals surface area contributed by atoms with E-state index in [4.69, 9.17) is 9.15 Å². The van der Waals surface area contributed by atoms with Crippen molar-refractivity contribution < 1.29 is 13.9 Å². The summed E-state index contributed by atoms with van der Waals surface area (Å²) in [4.78, 5) is 30.1. The van der Waals surface area contributed by atoms with Gasteiger partial charge >= 0.3 is 5.63 Å². The number of aryl methyl sites for hydroxylation is 2. The van der Waals surface area contributed by atoms with Crippen LogP contribution in [0.25, 0.3) is 21.2 Å². The number of fused-ring (bicyclic) bond motifs is 2. The monoisotopic (exact) mass is 422 g/mol. The molecule has 1 amide bonds. The van der Waals surface area contributed by atoms with E-state index in [0.29, 0.717) is 35.5 Å². The second-order valence-electron chi connectivity index (χ2n) is 7.06. The molecule has 0 unspecified atom stereocenters. The quantitative estimate of drug-likeness (QED) is 0.357. The average molecular weight is 423 g/mol. The molecule has 0 N–H and O–H groups in total. The molecule has 0 fully saturated rings. The van der Waals surface area contributed by atoms with E-state index in [1.54, 1.807) is 24.3 Å². The lowest BCUT2D eigenvalue weighted by Crippen LogP contribution is -2.21. The lowest BCUT2D eigenvalue weighted by atomic mass is 10.1. The molecule has 0 spiro atoms. The maximum Gasteiger partial charge on any atom is 0.349 e. The van der Waals surface area contributed by atoms with Crippen LogP contribution in [0.3, 0.4) is 0 Å². The van der Waals surface area contributed by atoms with Gasteiger partial charge in [-0.15, -0.1) is 0 Å². The zero-order chi connectivity index (χ0) is 21.3. The van der Waals surface area contributed by atoms with Gasteiger partial charge in [0.1, 0.15) is 11.1 Å². The second-order valence-corrected chi connectivity index (χ2v) is 8.07. The zero-order valence-electron chi connectivity index (χ0n) is 17.1. The van der Waals surface area contributed by atoms with Crippen LogP contribution in [0.2, 0.25) is 0 Å². The van der Waals surface area contributed by atoms with Gasteiger partial charge in [-0.1, -0.05) is 35.6 Å². The number of amides is 1. The molecule has 30 heavy (non-hydrogen) atoms. The predicted molar refractivity (Wildman–Crippen MR) is 118 cm³/mol. The van der Waals surface area contributed by atoms with Gasteiger partial charge in [-0.3, -0.25) is 4.79 Å². The number of rotatable bonds is 5. The van der Waals surface area contributed by atoms with Crippen LogP contribution in [0.4, 0.5) is 0 Å². The van der Waals surface area contributed by atoms with Crippen molar-refractivity contribution in [2.75, 3.05) is 13.2 Å². The molecule has 0 aliphatic carbocycles. The largest absolute Gasteiger partial charge is 0.422 e. The van der Waals surface area contributed by atoms with Crippen LogP contribution in [0, 0.1) is 13.8 Å². The predicted octanol–water partition coefficient (Wildman–Crippen LogP) is 4.20. The molecule has 0 aliphatic rings. The summed E-state index contributed by atoms with van der Waals surface area (Å²) >= 11 is 1.43. The highest BCUT2D eigenvalue weighted by atomic mass is 32.1. The third kappa shape index (κ3) is 3.86. The van der Waals surface area contributed by atoms with Crippen molar-refractivity contribution >= 4 is 38.4 Å². The molecule has 2 aromatic carbocycles. The van der Waals surface area contributed by atoms with Crippen LogP contribution in [-0.4, -0.2) is 23.7 Å². The third-order valence-corrected chi connectivity index (χ3v) is 5.87. The van der Waals surface area contributed by atoms with E-state index in [9.17, 15) is 9.59 Å². The fourth-order valence-corrected chi connectivity index (χ4v) is 4.77. The Hall–Kier alpha value is -3.03. The molecule has 154 valence electrons. The third-order valence-electron chi connectivity index (χ3n) is 4.84. The summed E-state index contributed by atoms with van der Waals surface area (Å²) in [6, 6.07) is 12.8. The maximum absolute atomic E-state index is 12.9. The van der Waals surface area contributed by atoms with Crippen LogP contribution in [-0.2, 0) is 11.3 Å². The molecule has 0 radical (unpaired) electrons. The van der Waals surface area contributed by atoms with Crippen LogP contribution in [0.15, 0.2) is 56.7 Å². The maximum atomic E-state index is 12.9. The van der Waals surface area contributed by atoms with Crippen LogP contribution < -0.4 is 10.4 Å². The minimum Gasteiger partial charge on any atom is -0.422 e. The van der Waals surface area contributed by atoms with E-state index in [1.165, 1.54) is 11.3 Å². The summed E-state index contributed by atoms with van der Waals surface area (Å²) < 4.78 is 13.9. The fraction of sp³-hybridized carbons (Fsp3) is 0.261. The first-order chi connectivity index (χ1) is 14.5. The average Bonchev–Trinajstić information content (AvgIpc) is 3.04. The highest BCUT2D eigenvalue weighted by molar-refractivity contribution is 7.16. The van der Waals surface area contributed by atoms with E-state index in [1.807, 2.05) is 31.4 Å². The van der Waals surface area contributed by atoms with Gasteiger partial charge in [0.25, 0.3) is 5.91 Å². The first-order valence-corrected chi connectivity index (χ1v) is 10.6. The van der Waals surface area contributed by atoms with Crippen molar-refractivity contribution in [2.24, 2.45) is 4.99 Å². The molecule has 0 bridgehead atoms. The molecule has 0 saturated heterocycles. The fourth-order valence-electron chi connectivity index (χ4n) is 3.54. The Labute approximate surface area is 177 Å². The summed E-state index contributed by atoms with van der Waals surface area (Å²) in [5.74, 6) is -0.611. The van der Waals surface area contributed by atoms with E-state index in [2.05, 4.69) is 17.1 Å². The van der Waals surface area contributed by atoms with E-state index in [0.717, 1.165) is 21.3 Å². The number of benzene rings is 2. The first kappa shape index (κ1) is 20.3. The molecule has 2 heterocycles. The smallest absolute Gasteiger partial charge is 0.349 e. The molecule has 7 heteroatoms. The van der Waals surface area contributed by atoms with E-state index >= 15 is 0 Å². The highest BCUT2D eigenvalue weighted by Crippen LogP contribution is 2.23. The van der Waals surface area contributed by atoms with E-state index in [-0.39, 0.29) is 5.56 Å². The Balaban J connectivity index is 1.86. The number of hydrogen-bond acceptors (Lipinski definition) is 5. The lowest BCUT2D eigenvalue weighted by Gasteiger charge is -2.08. The van der Waals surface area contributed by atoms with Gasteiger partial charge in [0.05, 0.1) is 16.8 Å². The SMILES string of the molecule is CCOCCn1c(=NC(=O)c2cc3ccccc3oc2=O)sc2cc(C)cc(C)c21. The molecule has 4 rings (SSSR count).